The zero-order chi connectivity index (χ0) is 17.7. The summed E-state index contributed by atoms with van der Waals surface area (Å²) in [5.74, 6) is -0.0774. The van der Waals surface area contributed by atoms with Crippen molar-refractivity contribution in [2.75, 3.05) is 0 Å². The highest BCUT2D eigenvalue weighted by Gasteiger charge is 2.37. The third-order valence-electron chi connectivity index (χ3n) is 5.62. The highest BCUT2D eigenvalue weighted by molar-refractivity contribution is 8.01. The second-order valence-corrected chi connectivity index (χ2v) is 9.94. The summed E-state index contributed by atoms with van der Waals surface area (Å²) in [6.45, 7) is 0. The van der Waals surface area contributed by atoms with Gasteiger partial charge in [0.2, 0.25) is 0 Å². The van der Waals surface area contributed by atoms with Gasteiger partial charge in [-0.1, -0.05) is 36.4 Å². The van der Waals surface area contributed by atoms with E-state index in [1.165, 1.54) is 43.8 Å². The highest BCUT2D eigenvalue weighted by Crippen LogP contribution is 2.47. The molecule has 1 aromatic heterocycles. The van der Waals surface area contributed by atoms with Gasteiger partial charge in [-0.3, -0.25) is 4.79 Å². The molecule has 5 rings (SSSR count). The lowest BCUT2D eigenvalue weighted by Crippen LogP contribution is -2.34. The molecule has 2 atom stereocenters. The van der Waals surface area contributed by atoms with Crippen molar-refractivity contribution in [3.8, 4) is 10.4 Å². The number of thiophene rings is 1. The van der Waals surface area contributed by atoms with Gasteiger partial charge >= 0.3 is 5.97 Å². The predicted octanol–water partition coefficient (Wildman–Crippen LogP) is 6.40. The van der Waals surface area contributed by atoms with Gasteiger partial charge in [0.1, 0.15) is 0 Å². The molecule has 2 unspecified atom stereocenters. The maximum absolute atomic E-state index is 11.2. The average molecular weight is 381 g/mol. The van der Waals surface area contributed by atoms with Crippen LogP contribution in [0.25, 0.3) is 21.2 Å². The Bertz CT molecular complexity index is 987. The Morgan fingerprint density at radius 1 is 0.962 bits per heavy atom. The molecule has 0 radical (unpaired) electrons. The molecule has 0 bridgehead atoms. The van der Waals surface area contributed by atoms with Crippen LogP contribution in [0.3, 0.4) is 0 Å². The normalized spacial score (nSPS) is 22.3. The van der Waals surface area contributed by atoms with E-state index in [4.69, 9.17) is 0 Å². The van der Waals surface area contributed by atoms with Crippen LogP contribution in [0.2, 0.25) is 0 Å². The monoisotopic (exact) mass is 380 g/mol. The minimum Gasteiger partial charge on any atom is -0.481 e. The van der Waals surface area contributed by atoms with Crippen LogP contribution in [0, 0.1) is 5.92 Å². The molecule has 2 saturated carbocycles. The van der Waals surface area contributed by atoms with Crippen LogP contribution in [0.5, 0.6) is 0 Å². The van der Waals surface area contributed by atoms with Gasteiger partial charge in [0.15, 0.2) is 0 Å². The van der Waals surface area contributed by atoms with Crippen molar-refractivity contribution in [3.05, 3.63) is 54.1 Å². The smallest absolute Gasteiger partial charge is 0.307 e. The number of carboxylic acids is 1. The van der Waals surface area contributed by atoms with Crippen molar-refractivity contribution in [1.29, 1.82) is 0 Å². The Labute approximate surface area is 161 Å². The summed E-state index contributed by atoms with van der Waals surface area (Å²) < 4.78 is 1.23. The van der Waals surface area contributed by atoms with E-state index >= 15 is 0 Å². The summed E-state index contributed by atoms with van der Waals surface area (Å²) in [6.07, 6.45) is 4.46. The van der Waals surface area contributed by atoms with Gasteiger partial charge in [0, 0.05) is 10.1 Å². The van der Waals surface area contributed by atoms with E-state index in [1.807, 2.05) is 0 Å². The van der Waals surface area contributed by atoms with Crippen LogP contribution in [0.4, 0.5) is 0 Å². The van der Waals surface area contributed by atoms with Gasteiger partial charge < -0.3 is 5.11 Å². The molecular formula is C22H20O2S2. The molecule has 2 nitrogen and oxygen atoms in total. The summed E-state index contributed by atoms with van der Waals surface area (Å²) in [7, 11) is 0. The van der Waals surface area contributed by atoms with Crippen molar-refractivity contribution in [2.24, 2.45) is 5.92 Å². The molecule has 26 heavy (non-hydrogen) atoms. The standard InChI is InChI=1S/C22H20O2S2/c23-22(24)18-9-10-20(18)26-21-12-11-19(25-21)17-8-7-14(13-5-6-13)15-3-1-2-4-16(15)17/h1-4,7-8,11-13,18,20H,5-6,9-10H2,(H,23,24). The molecule has 2 aliphatic rings. The van der Waals surface area contributed by atoms with Crippen LogP contribution < -0.4 is 0 Å². The Morgan fingerprint density at radius 2 is 1.77 bits per heavy atom. The molecule has 2 fully saturated rings. The quantitative estimate of drug-likeness (QED) is 0.556. The second-order valence-electron chi connectivity index (χ2n) is 7.32. The fourth-order valence-corrected chi connectivity index (χ4v) is 6.58. The first-order valence-corrected chi connectivity index (χ1v) is 10.9. The Morgan fingerprint density at radius 3 is 2.46 bits per heavy atom. The molecule has 3 aromatic rings. The maximum Gasteiger partial charge on any atom is 0.307 e. The number of carbonyl (C=O) groups is 1. The van der Waals surface area contributed by atoms with Crippen molar-refractivity contribution < 1.29 is 9.90 Å². The largest absolute Gasteiger partial charge is 0.481 e. The zero-order valence-electron chi connectivity index (χ0n) is 14.4. The molecule has 0 spiro atoms. The summed E-state index contributed by atoms with van der Waals surface area (Å²) in [4.78, 5) is 12.5. The van der Waals surface area contributed by atoms with Gasteiger partial charge in [0.25, 0.3) is 0 Å². The molecule has 2 aliphatic carbocycles. The van der Waals surface area contributed by atoms with Gasteiger partial charge in [-0.25, -0.2) is 0 Å². The molecule has 4 heteroatoms. The maximum atomic E-state index is 11.2. The fraction of sp³-hybridized carbons (Fsp3) is 0.318. The molecule has 0 amide bonds. The summed E-state index contributed by atoms with van der Waals surface area (Å²) in [5.41, 5.74) is 2.79. The summed E-state index contributed by atoms with van der Waals surface area (Å²) >= 11 is 3.54. The molecular weight excluding hydrogens is 360 g/mol. The van der Waals surface area contributed by atoms with E-state index in [1.54, 1.807) is 23.1 Å². The van der Waals surface area contributed by atoms with E-state index in [0.717, 1.165) is 18.8 Å². The van der Waals surface area contributed by atoms with Crippen molar-refractivity contribution in [1.82, 2.24) is 0 Å². The molecule has 0 saturated heterocycles. The Hall–Kier alpha value is -1.78. The van der Waals surface area contributed by atoms with E-state index in [2.05, 4.69) is 48.5 Å². The van der Waals surface area contributed by atoms with Gasteiger partial charge in [-0.05, 0) is 65.6 Å². The Kier molecular flexibility index (Phi) is 4.06. The number of aliphatic carboxylic acids is 1. The third kappa shape index (κ3) is 2.85. The summed E-state index contributed by atoms with van der Waals surface area (Å²) in [6, 6.07) is 17.7. The van der Waals surface area contributed by atoms with E-state index in [0.29, 0.717) is 0 Å². The van der Waals surface area contributed by atoms with Gasteiger partial charge in [0.05, 0.1) is 10.1 Å². The van der Waals surface area contributed by atoms with E-state index < -0.39 is 5.97 Å². The fourth-order valence-electron chi connectivity index (χ4n) is 3.86. The van der Waals surface area contributed by atoms with E-state index in [9.17, 15) is 9.90 Å². The predicted molar refractivity (Wildman–Crippen MR) is 109 cm³/mol. The average Bonchev–Trinajstić information content (AvgIpc) is 3.35. The number of hydrogen-bond acceptors (Lipinski definition) is 3. The number of hydrogen-bond donors (Lipinski definition) is 1. The van der Waals surface area contributed by atoms with Crippen LogP contribution in [0.1, 0.15) is 37.2 Å². The minimum absolute atomic E-state index is 0.177. The van der Waals surface area contributed by atoms with E-state index in [-0.39, 0.29) is 11.2 Å². The third-order valence-corrected chi connectivity index (χ3v) is 8.30. The SMILES string of the molecule is O=C(O)C1CCC1Sc1ccc(-c2ccc(C3CC3)c3ccccc23)s1. The van der Waals surface area contributed by atoms with Gasteiger partial charge in [-0.15, -0.1) is 23.1 Å². The molecule has 1 heterocycles. The first-order chi connectivity index (χ1) is 12.7. The zero-order valence-corrected chi connectivity index (χ0v) is 16.0. The molecule has 2 aromatic carbocycles. The number of carboxylic acid groups (broad SMARTS) is 1. The van der Waals surface area contributed by atoms with Gasteiger partial charge in [-0.2, -0.15) is 0 Å². The lowest BCUT2D eigenvalue weighted by atomic mass is 9.85. The van der Waals surface area contributed by atoms with Crippen LogP contribution in [0.15, 0.2) is 52.7 Å². The van der Waals surface area contributed by atoms with Crippen molar-refractivity contribution in [3.63, 3.8) is 0 Å². The number of thioether (sulfide) groups is 1. The second kappa shape index (κ2) is 6.43. The summed E-state index contributed by atoms with van der Waals surface area (Å²) in [5, 5.41) is 12.2. The van der Waals surface area contributed by atoms with Crippen LogP contribution in [-0.4, -0.2) is 16.3 Å². The topological polar surface area (TPSA) is 37.3 Å². The first kappa shape index (κ1) is 16.4. The minimum atomic E-state index is -0.646. The Balaban J connectivity index is 1.47. The number of benzene rings is 2. The molecule has 132 valence electrons. The van der Waals surface area contributed by atoms with Crippen LogP contribution >= 0.6 is 23.1 Å². The van der Waals surface area contributed by atoms with Crippen molar-refractivity contribution in [2.45, 2.75) is 41.1 Å². The molecule has 1 N–H and O–H groups in total. The van der Waals surface area contributed by atoms with Crippen molar-refractivity contribution >= 4 is 39.8 Å². The number of rotatable bonds is 5. The lowest BCUT2D eigenvalue weighted by Gasteiger charge is -2.32. The molecule has 0 aliphatic heterocycles. The lowest BCUT2D eigenvalue weighted by molar-refractivity contribution is -0.144. The number of fused-ring (bicyclic) bond motifs is 1. The van der Waals surface area contributed by atoms with Crippen LogP contribution in [-0.2, 0) is 4.79 Å². The first-order valence-electron chi connectivity index (χ1n) is 9.22. The highest BCUT2D eigenvalue weighted by atomic mass is 32.2.